The lowest BCUT2D eigenvalue weighted by molar-refractivity contribution is 0.0772. The molecule has 1 aliphatic heterocycles. The van der Waals surface area contributed by atoms with Crippen molar-refractivity contribution in [2.24, 2.45) is 0 Å². The number of hydrogen-bond acceptors (Lipinski definition) is 4. The molecule has 1 atom stereocenters. The van der Waals surface area contributed by atoms with Crippen LogP contribution < -0.4 is 4.74 Å². The lowest BCUT2D eigenvalue weighted by Gasteiger charge is -2.17. The van der Waals surface area contributed by atoms with E-state index in [-0.39, 0.29) is 12.0 Å². The summed E-state index contributed by atoms with van der Waals surface area (Å²) in [4.78, 5) is 18.2. The third kappa shape index (κ3) is 3.43. The summed E-state index contributed by atoms with van der Waals surface area (Å²) in [5.41, 5.74) is 0.998. The fourth-order valence-electron chi connectivity index (χ4n) is 2.55. The highest BCUT2D eigenvalue weighted by molar-refractivity contribution is 6.31. The molecule has 116 valence electrons. The number of rotatable bonds is 3. The van der Waals surface area contributed by atoms with Gasteiger partial charge in [0.05, 0.1) is 18.2 Å². The van der Waals surface area contributed by atoms with E-state index in [9.17, 15) is 4.79 Å². The molecule has 1 fully saturated rings. The van der Waals surface area contributed by atoms with Crippen LogP contribution in [0, 0.1) is 11.3 Å². The van der Waals surface area contributed by atoms with Crippen LogP contribution in [0.4, 0.5) is 0 Å². The van der Waals surface area contributed by atoms with Crippen molar-refractivity contribution < 1.29 is 9.53 Å². The smallest absolute Gasteiger partial charge is 0.254 e. The normalized spacial score (nSPS) is 16.9. The minimum absolute atomic E-state index is 0.0889. The molecule has 23 heavy (non-hydrogen) atoms. The van der Waals surface area contributed by atoms with Crippen molar-refractivity contribution in [3.63, 3.8) is 0 Å². The summed E-state index contributed by atoms with van der Waals surface area (Å²) in [5, 5.41) is 9.39. The van der Waals surface area contributed by atoms with Gasteiger partial charge in [0.1, 0.15) is 16.9 Å². The Hall–Kier alpha value is -2.58. The molecule has 2 heterocycles. The van der Waals surface area contributed by atoms with Gasteiger partial charge in [0.2, 0.25) is 0 Å². The third-order valence-electron chi connectivity index (χ3n) is 3.70. The third-order valence-corrected chi connectivity index (χ3v) is 3.98. The highest BCUT2D eigenvalue weighted by Crippen LogP contribution is 2.26. The number of carbonyl (C=O) groups is 1. The minimum Gasteiger partial charge on any atom is -0.487 e. The molecule has 0 aliphatic carbocycles. The first-order chi connectivity index (χ1) is 11.2. The van der Waals surface area contributed by atoms with Gasteiger partial charge in [0, 0.05) is 37.0 Å². The van der Waals surface area contributed by atoms with Gasteiger partial charge in [-0.05, 0) is 18.2 Å². The molecule has 0 unspecified atom stereocenters. The quantitative estimate of drug-likeness (QED) is 0.869. The Kier molecular flexibility index (Phi) is 4.45. The predicted molar refractivity (Wildman–Crippen MR) is 85.3 cm³/mol. The van der Waals surface area contributed by atoms with Crippen LogP contribution in [0.2, 0.25) is 5.02 Å². The van der Waals surface area contributed by atoms with Crippen LogP contribution in [-0.2, 0) is 0 Å². The van der Waals surface area contributed by atoms with Crippen LogP contribution in [0.1, 0.15) is 22.3 Å². The maximum Gasteiger partial charge on any atom is 0.254 e. The Morgan fingerprint density at radius 2 is 2.30 bits per heavy atom. The molecule has 0 bridgehead atoms. The van der Waals surface area contributed by atoms with E-state index in [1.54, 1.807) is 41.4 Å². The second kappa shape index (κ2) is 6.67. The van der Waals surface area contributed by atoms with Gasteiger partial charge < -0.3 is 9.64 Å². The molecular weight excluding hydrogens is 314 g/mol. The highest BCUT2D eigenvalue weighted by atomic mass is 35.5. The summed E-state index contributed by atoms with van der Waals surface area (Å²) in [5.74, 6) is 0.487. The van der Waals surface area contributed by atoms with Crippen molar-refractivity contribution in [1.82, 2.24) is 9.88 Å². The molecule has 1 amide bonds. The monoisotopic (exact) mass is 327 g/mol. The number of amides is 1. The Labute approximate surface area is 139 Å². The number of pyridine rings is 1. The van der Waals surface area contributed by atoms with Crippen molar-refractivity contribution in [3.05, 3.63) is 58.9 Å². The number of hydrogen-bond donors (Lipinski definition) is 0. The molecule has 1 saturated heterocycles. The Bertz CT molecular complexity index is 772. The molecular formula is C17H14ClN3O2. The number of benzene rings is 1. The number of ether oxygens (including phenoxy) is 1. The number of nitriles is 1. The average Bonchev–Trinajstić information content (AvgIpc) is 3.05. The molecule has 1 aromatic heterocycles. The first kappa shape index (κ1) is 15.3. The molecule has 2 aromatic rings. The van der Waals surface area contributed by atoms with E-state index in [4.69, 9.17) is 21.6 Å². The topological polar surface area (TPSA) is 66.2 Å². The molecule has 3 rings (SSSR count). The molecule has 0 saturated carbocycles. The minimum atomic E-state index is -0.0991. The summed E-state index contributed by atoms with van der Waals surface area (Å²) in [6.07, 6.45) is 3.79. The van der Waals surface area contributed by atoms with Crippen LogP contribution in [0.15, 0.2) is 42.7 Å². The van der Waals surface area contributed by atoms with E-state index < -0.39 is 0 Å². The van der Waals surface area contributed by atoms with Crippen LogP contribution in [0.25, 0.3) is 0 Å². The van der Waals surface area contributed by atoms with E-state index in [1.807, 2.05) is 6.07 Å². The standard InChI is InChI=1S/C17H14ClN3O2/c18-15-10-20-6-4-16(15)23-14-5-7-21(11-14)17(22)13-3-1-2-12(8-13)9-19/h1-4,6,8,10,14H,5,7,11H2/t14-/m1/s1. The molecule has 1 aromatic carbocycles. The lowest BCUT2D eigenvalue weighted by Crippen LogP contribution is -2.31. The highest BCUT2D eigenvalue weighted by Gasteiger charge is 2.28. The van der Waals surface area contributed by atoms with Gasteiger partial charge in [-0.3, -0.25) is 9.78 Å². The maximum absolute atomic E-state index is 12.5. The Morgan fingerprint density at radius 1 is 1.43 bits per heavy atom. The van der Waals surface area contributed by atoms with Crippen molar-refractivity contribution in [3.8, 4) is 11.8 Å². The number of nitrogens with zero attached hydrogens (tertiary/aromatic N) is 3. The van der Waals surface area contributed by atoms with Crippen molar-refractivity contribution >= 4 is 17.5 Å². The van der Waals surface area contributed by atoms with E-state index in [1.165, 1.54) is 6.20 Å². The fraction of sp³-hybridized carbons (Fsp3) is 0.235. The SMILES string of the molecule is N#Cc1cccc(C(=O)N2CC[C@@H](Oc3ccncc3Cl)C2)c1. The van der Waals surface area contributed by atoms with Crippen molar-refractivity contribution in [2.45, 2.75) is 12.5 Å². The van der Waals surface area contributed by atoms with E-state index >= 15 is 0 Å². The lowest BCUT2D eigenvalue weighted by atomic mass is 10.1. The predicted octanol–water partition coefficient (Wildman–Crippen LogP) is 2.90. The zero-order valence-electron chi connectivity index (χ0n) is 12.3. The van der Waals surface area contributed by atoms with Gasteiger partial charge in [0.25, 0.3) is 5.91 Å². The number of aromatic nitrogens is 1. The summed E-state index contributed by atoms with van der Waals surface area (Å²) in [7, 11) is 0. The summed E-state index contributed by atoms with van der Waals surface area (Å²) < 4.78 is 5.85. The van der Waals surface area contributed by atoms with Crippen molar-refractivity contribution in [1.29, 1.82) is 5.26 Å². The number of carbonyl (C=O) groups excluding carboxylic acids is 1. The second-order valence-electron chi connectivity index (χ2n) is 5.28. The number of likely N-dealkylation sites (tertiary alicyclic amines) is 1. The van der Waals surface area contributed by atoms with Gasteiger partial charge in [0.15, 0.2) is 0 Å². The van der Waals surface area contributed by atoms with Gasteiger partial charge in [-0.1, -0.05) is 17.7 Å². The van der Waals surface area contributed by atoms with E-state index in [2.05, 4.69) is 4.98 Å². The molecule has 5 nitrogen and oxygen atoms in total. The van der Waals surface area contributed by atoms with Crippen LogP contribution >= 0.6 is 11.6 Å². The van der Waals surface area contributed by atoms with Gasteiger partial charge >= 0.3 is 0 Å². The molecule has 1 aliphatic rings. The first-order valence-electron chi connectivity index (χ1n) is 7.23. The molecule has 0 radical (unpaired) electrons. The van der Waals surface area contributed by atoms with Crippen molar-refractivity contribution in [2.75, 3.05) is 13.1 Å². The summed E-state index contributed by atoms with van der Waals surface area (Å²) in [6.45, 7) is 1.11. The van der Waals surface area contributed by atoms with Crippen LogP contribution in [-0.4, -0.2) is 35.0 Å². The zero-order chi connectivity index (χ0) is 16.2. The summed E-state index contributed by atoms with van der Waals surface area (Å²) >= 11 is 6.03. The zero-order valence-corrected chi connectivity index (χ0v) is 13.0. The summed E-state index contributed by atoms with van der Waals surface area (Å²) in [6, 6.07) is 10.5. The molecule has 0 N–H and O–H groups in total. The fourth-order valence-corrected chi connectivity index (χ4v) is 2.71. The number of halogens is 1. The Morgan fingerprint density at radius 3 is 3.09 bits per heavy atom. The van der Waals surface area contributed by atoms with Crippen LogP contribution in [0.3, 0.4) is 0 Å². The van der Waals surface area contributed by atoms with Crippen LogP contribution in [0.5, 0.6) is 5.75 Å². The largest absolute Gasteiger partial charge is 0.487 e. The molecule has 0 spiro atoms. The Balaban J connectivity index is 1.66. The van der Waals surface area contributed by atoms with E-state index in [0.29, 0.717) is 35.0 Å². The first-order valence-corrected chi connectivity index (χ1v) is 7.61. The molecule has 6 heteroatoms. The van der Waals surface area contributed by atoms with Gasteiger partial charge in [-0.25, -0.2) is 0 Å². The van der Waals surface area contributed by atoms with Gasteiger partial charge in [-0.15, -0.1) is 0 Å². The average molecular weight is 328 g/mol. The van der Waals surface area contributed by atoms with Gasteiger partial charge in [-0.2, -0.15) is 5.26 Å². The second-order valence-corrected chi connectivity index (χ2v) is 5.69. The van der Waals surface area contributed by atoms with E-state index in [0.717, 1.165) is 6.42 Å². The maximum atomic E-state index is 12.5.